The molecule has 0 aliphatic rings. The molecular formula is C8H14N4O3. The Morgan fingerprint density at radius 1 is 1.73 bits per heavy atom. The quantitative estimate of drug-likeness (QED) is 0.494. The van der Waals surface area contributed by atoms with Crippen molar-refractivity contribution in [3.63, 3.8) is 0 Å². The molecule has 0 saturated carbocycles. The summed E-state index contributed by atoms with van der Waals surface area (Å²) in [4.78, 5) is 15.1. The number of nitrogens with one attached hydrogen (secondary N) is 1. The number of hydrazine groups is 1. The highest BCUT2D eigenvalue weighted by atomic mass is 16.7. The first-order valence-electron chi connectivity index (χ1n) is 4.56. The molecule has 0 atom stereocenters. The van der Waals surface area contributed by atoms with E-state index >= 15 is 0 Å². The summed E-state index contributed by atoms with van der Waals surface area (Å²) in [6.45, 7) is 2.99. The number of nitrogens with zero attached hydrogens (tertiary/aromatic N) is 2. The van der Waals surface area contributed by atoms with Crippen molar-refractivity contribution in [2.75, 3.05) is 6.61 Å². The van der Waals surface area contributed by atoms with Gasteiger partial charge in [0.25, 0.3) is 0 Å². The van der Waals surface area contributed by atoms with Gasteiger partial charge in [-0.1, -0.05) is 5.59 Å². The van der Waals surface area contributed by atoms with Crippen LogP contribution in [0.4, 0.5) is 0 Å². The maximum absolute atomic E-state index is 10.8. The lowest BCUT2D eigenvalue weighted by molar-refractivity contribution is -0.151. The van der Waals surface area contributed by atoms with E-state index in [1.54, 1.807) is 17.1 Å². The molecule has 0 radical (unpaired) electrons. The van der Waals surface area contributed by atoms with Crippen LogP contribution in [-0.2, 0) is 16.2 Å². The van der Waals surface area contributed by atoms with E-state index < -0.39 is 5.97 Å². The molecule has 0 aliphatic heterocycles. The number of aromatic nitrogens is 2. The average Bonchev–Trinajstić information content (AvgIpc) is 2.66. The van der Waals surface area contributed by atoms with Crippen LogP contribution in [0.3, 0.4) is 0 Å². The van der Waals surface area contributed by atoms with Crippen LogP contribution in [0.15, 0.2) is 12.4 Å². The molecule has 7 heteroatoms. The minimum atomic E-state index is -0.472. The molecule has 0 aromatic carbocycles. The Morgan fingerprint density at radius 3 is 3.13 bits per heavy atom. The van der Waals surface area contributed by atoms with Crippen LogP contribution >= 0.6 is 0 Å². The van der Waals surface area contributed by atoms with Crippen molar-refractivity contribution in [3.05, 3.63) is 12.4 Å². The molecule has 0 spiro atoms. The second kappa shape index (κ2) is 5.99. The third-order valence-corrected chi connectivity index (χ3v) is 1.68. The van der Waals surface area contributed by atoms with Crippen LogP contribution in [0.2, 0.25) is 0 Å². The van der Waals surface area contributed by atoms with Crippen LogP contribution in [0.1, 0.15) is 13.3 Å². The molecule has 0 aliphatic carbocycles. The van der Waals surface area contributed by atoms with Crippen LogP contribution in [0.5, 0.6) is 5.75 Å². The van der Waals surface area contributed by atoms with Gasteiger partial charge >= 0.3 is 5.97 Å². The Morgan fingerprint density at radius 2 is 2.53 bits per heavy atom. The fourth-order valence-electron chi connectivity index (χ4n) is 0.961. The highest BCUT2D eigenvalue weighted by Crippen LogP contribution is 2.08. The number of carbonyl (C=O) groups excluding carboxylic acids is 1. The van der Waals surface area contributed by atoms with Crippen molar-refractivity contribution in [3.8, 4) is 5.75 Å². The predicted octanol–water partition coefficient (Wildman–Crippen LogP) is -0.407. The molecule has 7 nitrogen and oxygen atoms in total. The van der Waals surface area contributed by atoms with Gasteiger partial charge in [-0.3, -0.25) is 9.48 Å². The van der Waals surface area contributed by atoms with E-state index in [0.29, 0.717) is 5.75 Å². The van der Waals surface area contributed by atoms with Crippen molar-refractivity contribution in [1.29, 1.82) is 0 Å². The summed E-state index contributed by atoms with van der Waals surface area (Å²) in [7, 11) is 0. The molecule has 1 aromatic rings. The van der Waals surface area contributed by atoms with E-state index in [1.165, 1.54) is 0 Å². The lowest BCUT2D eigenvalue weighted by Crippen LogP contribution is -2.26. The first kappa shape index (κ1) is 11.5. The van der Waals surface area contributed by atoms with Crippen molar-refractivity contribution in [1.82, 2.24) is 15.4 Å². The number of hydrogen-bond acceptors (Lipinski definition) is 6. The molecule has 3 N–H and O–H groups in total. The van der Waals surface area contributed by atoms with Crippen LogP contribution in [-0.4, -0.2) is 22.4 Å². The summed E-state index contributed by atoms with van der Waals surface area (Å²) in [5, 5.41) is 4.01. The Labute approximate surface area is 87.1 Å². The molecule has 0 saturated heterocycles. The summed E-state index contributed by atoms with van der Waals surface area (Å²) in [5.74, 6) is 4.94. The Balaban J connectivity index is 2.22. The van der Waals surface area contributed by atoms with Crippen molar-refractivity contribution in [2.24, 2.45) is 5.84 Å². The van der Waals surface area contributed by atoms with Gasteiger partial charge in [-0.15, -0.1) is 0 Å². The highest BCUT2D eigenvalue weighted by molar-refractivity contribution is 5.69. The maximum Gasteiger partial charge on any atom is 0.329 e. The zero-order valence-electron chi connectivity index (χ0n) is 8.47. The van der Waals surface area contributed by atoms with Crippen molar-refractivity contribution in [2.45, 2.75) is 19.9 Å². The van der Waals surface area contributed by atoms with Gasteiger partial charge in [0, 0.05) is 6.54 Å². The molecule has 0 bridgehead atoms. The Bertz CT molecular complexity index is 313. The van der Waals surface area contributed by atoms with Gasteiger partial charge in [0.05, 0.1) is 25.4 Å². The van der Waals surface area contributed by atoms with Gasteiger partial charge < -0.3 is 9.57 Å². The fraction of sp³-hybridized carbons (Fsp3) is 0.500. The Kier molecular flexibility index (Phi) is 4.58. The van der Waals surface area contributed by atoms with Gasteiger partial charge in [0.2, 0.25) is 0 Å². The lowest BCUT2D eigenvalue weighted by Gasteiger charge is -2.02. The van der Waals surface area contributed by atoms with E-state index in [-0.39, 0.29) is 13.0 Å². The Hall–Kier alpha value is -1.60. The number of aryl methyl sites for hydroxylation is 1. The summed E-state index contributed by atoms with van der Waals surface area (Å²) in [6, 6.07) is 0. The number of carbonyl (C=O) groups is 1. The van der Waals surface area contributed by atoms with E-state index in [4.69, 9.17) is 10.6 Å². The number of ether oxygens (including phenoxy) is 1. The number of hydrogen-bond donors (Lipinski definition) is 2. The summed E-state index contributed by atoms with van der Waals surface area (Å²) < 4.78 is 6.98. The lowest BCUT2D eigenvalue weighted by atomic mass is 10.5. The van der Waals surface area contributed by atoms with E-state index in [9.17, 15) is 4.79 Å². The zero-order chi connectivity index (χ0) is 11.1. The maximum atomic E-state index is 10.8. The predicted molar refractivity (Wildman–Crippen MR) is 51.4 cm³/mol. The zero-order valence-corrected chi connectivity index (χ0v) is 8.47. The SMILES string of the molecule is CCn1cc(OCCC(=O)ONN)cn1. The van der Waals surface area contributed by atoms with E-state index in [0.717, 1.165) is 6.54 Å². The molecule has 1 rings (SSSR count). The fourth-order valence-corrected chi connectivity index (χ4v) is 0.961. The van der Waals surface area contributed by atoms with Crippen LogP contribution < -0.4 is 16.2 Å². The van der Waals surface area contributed by atoms with E-state index in [2.05, 4.69) is 9.94 Å². The topological polar surface area (TPSA) is 91.4 Å². The molecule has 0 fully saturated rings. The molecule has 0 unspecified atom stereocenters. The first-order chi connectivity index (χ1) is 7.26. The third-order valence-electron chi connectivity index (χ3n) is 1.68. The van der Waals surface area contributed by atoms with Gasteiger partial charge in [-0.2, -0.15) is 5.10 Å². The second-order valence-electron chi connectivity index (χ2n) is 2.72. The van der Waals surface area contributed by atoms with Crippen molar-refractivity contribution >= 4 is 5.97 Å². The van der Waals surface area contributed by atoms with Gasteiger partial charge in [-0.25, -0.2) is 5.84 Å². The minimum Gasteiger partial charge on any atom is -0.490 e. The number of rotatable bonds is 6. The van der Waals surface area contributed by atoms with Gasteiger partial charge in [0.15, 0.2) is 5.75 Å². The smallest absolute Gasteiger partial charge is 0.329 e. The minimum absolute atomic E-state index is 0.126. The van der Waals surface area contributed by atoms with Crippen LogP contribution in [0.25, 0.3) is 0 Å². The highest BCUT2D eigenvalue weighted by Gasteiger charge is 2.03. The average molecular weight is 214 g/mol. The molecule has 15 heavy (non-hydrogen) atoms. The molecular weight excluding hydrogens is 200 g/mol. The molecule has 84 valence electrons. The second-order valence-corrected chi connectivity index (χ2v) is 2.72. The first-order valence-corrected chi connectivity index (χ1v) is 4.56. The standard InChI is InChI=1S/C8H14N4O3/c1-2-12-6-7(5-10-12)14-4-3-8(13)15-11-9/h5-6,11H,2-4,9H2,1H3. The normalized spacial score (nSPS) is 10.0. The van der Waals surface area contributed by atoms with Gasteiger partial charge in [0.1, 0.15) is 0 Å². The summed E-state index contributed by atoms with van der Waals surface area (Å²) in [6.07, 6.45) is 3.48. The van der Waals surface area contributed by atoms with E-state index in [1.807, 2.05) is 12.5 Å². The molecule has 1 aromatic heterocycles. The van der Waals surface area contributed by atoms with Crippen LogP contribution in [0, 0.1) is 0 Å². The van der Waals surface area contributed by atoms with Gasteiger partial charge in [-0.05, 0) is 6.92 Å². The molecule has 1 heterocycles. The third kappa shape index (κ3) is 3.96. The molecule has 0 amide bonds. The largest absolute Gasteiger partial charge is 0.490 e. The number of nitrogens with two attached hydrogens (primary N) is 1. The summed E-state index contributed by atoms with van der Waals surface area (Å²) >= 11 is 0. The summed E-state index contributed by atoms with van der Waals surface area (Å²) in [5.41, 5.74) is 1.81. The monoisotopic (exact) mass is 214 g/mol. The van der Waals surface area contributed by atoms with Crippen molar-refractivity contribution < 1.29 is 14.4 Å².